The van der Waals surface area contributed by atoms with Gasteiger partial charge in [0.2, 0.25) is 11.7 Å². The molecule has 0 radical (unpaired) electrons. The summed E-state index contributed by atoms with van der Waals surface area (Å²) in [5, 5.41) is 4.41. The lowest BCUT2D eigenvalue weighted by molar-refractivity contribution is 0.380. The number of nitrogens with zero attached hydrogens (tertiary/aromatic N) is 2. The first kappa shape index (κ1) is 12.9. The van der Waals surface area contributed by atoms with Crippen LogP contribution in [0.5, 0.6) is 5.75 Å². The van der Waals surface area contributed by atoms with Crippen LogP contribution in [0.4, 0.5) is 0 Å². The predicted molar refractivity (Wildman–Crippen MR) is 68.6 cm³/mol. The average Bonchev–Trinajstić information content (AvgIpc) is 2.86. The summed E-state index contributed by atoms with van der Waals surface area (Å²) in [7, 11) is 1.56. The molecule has 1 aromatic carbocycles. The van der Waals surface area contributed by atoms with Crippen LogP contribution in [0.3, 0.4) is 0 Å². The van der Waals surface area contributed by atoms with Crippen LogP contribution < -0.4 is 10.5 Å². The smallest absolute Gasteiger partial charge is 0.240 e. The largest absolute Gasteiger partial charge is 0.494 e. The molecule has 2 rings (SSSR count). The lowest BCUT2D eigenvalue weighted by Crippen LogP contribution is -1.96. The van der Waals surface area contributed by atoms with Gasteiger partial charge in [-0.2, -0.15) is 4.98 Å². The first-order chi connectivity index (χ1) is 8.69. The second kappa shape index (κ2) is 5.37. The molecule has 1 aromatic heterocycles. The molecule has 2 aromatic rings. The zero-order valence-electron chi connectivity index (χ0n) is 10.2. The SMILES string of the molecule is CCc1cc(Cl)c(OC)c(-c2noc(CN)n2)c1. The first-order valence-corrected chi connectivity index (χ1v) is 5.96. The van der Waals surface area contributed by atoms with Crippen molar-refractivity contribution in [3.05, 3.63) is 28.6 Å². The standard InChI is InChI=1S/C12H14ClN3O2/c1-3-7-4-8(11(17-2)9(13)5-7)12-15-10(6-14)18-16-12/h4-5H,3,6,14H2,1-2H3. The average molecular weight is 268 g/mol. The van der Waals surface area contributed by atoms with Gasteiger partial charge in [0, 0.05) is 0 Å². The third kappa shape index (κ3) is 2.32. The Morgan fingerprint density at radius 3 is 2.78 bits per heavy atom. The summed E-state index contributed by atoms with van der Waals surface area (Å²) >= 11 is 6.17. The Labute approximate surface area is 110 Å². The van der Waals surface area contributed by atoms with Gasteiger partial charge in [0.15, 0.2) is 0 Å². The van der Waals surface area contributed by atoms with E-state index in [0.29, 0.717) is 28.1 Å². The van der Waals surface area contributed by atoms with Crippen LogP contribution in [-0.4, -0.2) is 17.3 Å². The van der Waals surface area contributed by atoms with Gasteiger partial charge in [-0.1, -0.05) is 23.7 Å². The fourth-order valence-electron chi connectivity index (χ4n) is 1.67. The third-order valence-corrected chi connectivity index (χ3v) is 2.88. The van der Waals surface area contributed by atoms with Gasteiger partial charge in [-0.3, -0.25) is 0 Å². The minimum atomic E-state index is 0.205. The molecule has 0 spiro atoms. The van der Waals surface area contributed by atoms with Gasteiger partial charge in [0.05, 0.1) is 24.2 Å². The number of rotatable bonds is 4. The third-order valence-electron chi connectivity index (χ3n) is 2.60. The van der Waals surface area contributed by atoms with E-state index in [2.05, 4.69) is 10.1 Å². The van der Waals surface area contributed by atoms with Crippen molar-refractivity contribution in [1.29, 1.82) is 0 Å². The van der Waals surface area contributed by atoms with Gasteiger partial charge in [-0.15, -0.1) is 0 Å². The van der Waals surface area contributed by atoms with Crippen LogP contribution in [0.2, 0.25) is 5.02 Å². The molecule has 0 aliphatic heterocycles. The maximum absolute atomic E-state index is 6.17. The topological polar surface area (TPSA) is 74.2 Å². The van der Waals surface area contributed by atoms with Crippen molar-refractivity contribution in [2.24, 2.45) is 5.73 Å². The molecule has 0 aliphatic rings. The van der Waals surface area contributed by atoms with Crippen molar-refractivity contribution < 1.29 is 9.26 Å². The van der Waals surface area contributed by atoms with Crippen LogP contribution in [0, 0.1) is 0 Å². The zero-order chi connectivity index (χ0) is 13.1. The van der Waals surface area contributed by atoms with Gasteiger partial charge in [-0.05, 0) is 24.1 Å². The summed E-state index contributed by atoms with van der Waals surface area (Å²) in [6.45, 7) is 2.25. The summed E-state index contributed by atoms with van der Waals surface area (Å²) in [6.07, 6.45) is 0.859. The van der Waals surface area contributed by atoms with Crippen molar-refractivity contribution in [2.75, 3.05) is 7.11 Å². The fraction of sp³-hybridized carbons (Fsp3) is 0.333. The van der Waals surface area contributed by atoms with E-state index in [-0.39, 0.29) is 6.54 Å². The van der Waals surface area contributed by atoms with Crippen LogP contribution in [0.25, 0.3) is 11.4 Å². The maximum atomic E-state index is 6.17. The molecule has 1 heterocycles. The number of ether oxygens (including phenoxy) is 1. The molecule has 0 amide bonds. The Morgan fingerprint density at radius 1 is 1.44 bits per heavy atom. The Kier molecular flexibility index (Phi) is 3.84. The number of methoxy groups -OCH3 is 1. The minimum absolute atomic E-state index is 0.205. The summed E-state index contributed by atoms with van der Waals surface area (Å²) < 4.78 is 10.3. The highest BCUT2D eigenvalue weighted by molar-refractivity contribution is 6.32. The molecule has 0 unspecified atom stereocenters. The number of hydrogen-bond donors (Lipinski definition) is 1. The molecular formula is C12H14ClN3O2. The van der Waals surface area contributed by atoms with E-state index in [1.807, 2.05) is 19.1 Å². The summed E-state index contributed by atoms with van der Waals surface area (Å²) in [5.74, 6) is 1.35. The van der Waals surface area contributed by atoms with Crippen molar-refractivity contribution >= 4 is 11.6 Å². The number of aromatic nitrogens is 2. The van der Waals surface area contributed by atoms with Gasteiger partial charge >= 0.3 is 0 Å². The molecular weight excluding hydrogens is 254 g/mol. The summed E-state index contributed by atoms with van der Waals surface area (Å²) in [4.78, 5) is 4.18. The lowest BCUT2D eigenvalue weighted by Gasteiger charge is -2.09. The van der Waals surface area contributed by atoms with Gasteiger partial charge in [0.25, 0.3) is 0 Å². The van der Waals surface area contributed by atoms with Crippen molar-refractivity contribution in [1.82, 2.24) is 10.1 Å². The van der Waals surface area contributed by atoms with E-state index in [1.54, 1.807) is 7.11 Å². The number of aryl methyl sites for hydroxylation is 1. The van der Waals surface area contributed by atoms with E-state index < -0.39 is 0 Å². The number of nitrogens with two attached hydrogens (primary N) is 1. The lowest BCUT2D eigenvalue weighted by atomic mass is 10.1. The second-order valence-electron chi connectivity index (χ2n) is 3.73. The predicted octanol–water partition coefficient (Wildman–Crippen LogP) is 2.42. The van der Waals surface area contributed by atoms with Gasteiger partial charge in [0.1, 0.15) is 5.75 Å². The Bertz CT molecular complexity index is 554. The van der Waals surface area contributed by atoms with E-state index in [0.717, 1.165) is 12.0 Å². The van der Waals surface area contributed by atoms with E-state index in [9.17, 15) is 0 Å². The molecule has 0 bridgehead atoms. The molecule has 5 nitrogen and oxygen atoms in total. The molecule has 0 saturated carbocycles. The van der Waals surface area contributed by atoms with Gasteiger partial charge < -0.3 is 15.0 Å². The highest BCUT2D eigenvalue weighted by Crippen LogP contribution is 2.36. The zero-order valence-corrected chi connectivity index (χ0v) is 11.0. The second-order valence-corrected chi connectivity index (χ2v) is 4.14. The van der Waals surface area contributed by atoms with E-state index >= 15 is 0 Å². The molecule has 0 fully saturated rings. The highest BCUT2D eigenvalue weighted by atomic mass is 35.5. The van der Waals surface area contributed by atoms with Crippen LogP contribution in [-0.2, 0) is 13.0 Å². The minimum Gasteiger partial charge on any atom is -0.494 e. The molecule has 18 heavy (non-hydrogen) atoms. The molecule has 96 valence electrons. The van der Waals surface area contributed by atoms with Crippen molar-refractivity contribution in [3.8, 4) is 17.1 Å². The normalized spacial score (nSPS) is 10.7. The fourth-order valence-corrected chi connectivity index (χ4v) is 1.99. The van der Waals surface area contributed by atoms with E-state index in [1.165, 1.54) is 0 Å². The first-order valence-electron chi connectivity index (χ1n) is 5.59. The van der Waals surface area contributed by atoms with Crippen molar-refractivity contribution in [3.63, 3.8) is 0 Å². The number of benzene rings is 1. The Morgan fingerprint density at radius 2 is 2.22 bits per heavy atom. The number of hydrogen-bond acceptors (Lipinski definition) is 5. The van der Waals surface area contributed by atoms with Crippen LogP contribution >= 0.6 is 11.6 Å². The Balaban J connectivity index is 2.56. The Hall–Kier alpha value is -1.59. The van der Waals surface area contributed by atoms with E-state index in [4.69, 9.17) is 26.6 Å². The maximum Gasteiger partial charge on any atom is 0.240 e. The molecule has 0 atom stereocenters. The molecule has 6 heteroatoms. The molecule has 0 saturated heterocycles. The van der Waals surface area contributed by atoms with Crippen LogP contribution in [0.1, 0.15) is 18.4 Å². The van der Waals surface area contributed by atoms with Crippen molar-refractivity contribution in [2.45, 2.75) is 19.9 Å². The van der Waals surface area contributed by atoms with Crippen LogP contribution in [0.15, 0.2) is 16.7 Å². The number of halogens is 1. The molecule has 0 aliphatic carbocycles. The monoisotopic (exact) mass is 267 g/mol. The van der Waals surface area contributed by atoms with Gasteiger partial charge in [-0.25, -0.2) is 0 Å². The molecule has 2 N–H and O–H groups in total. The quantitative estimate of drug-likeness (QED) is 0.921. The highest BCUT2D eigenvalue weighted by Gasteiger charge is 2.16. The summed E-state index contributed by atoms with van der Waals surface area (Å²) in [5.41, 5.74) is 7.24. The summed E-state index contributed by atoms with van der Waals surface area (Å²) in [6, 6.07) is 3.81.